The van der Waals surface area contributed by atoms with Crippen molar-refractivity contribution >= 4 is 11.8 Å². The van der Waals surface area contributed by atoms with Crippen LogP contribution in [0.2, 0.25) is 0 Å². The van der Waals surface area contributed by atoms with Gasteiger partial charge in [-0.25, -0.2) is 0 Å². The summed E-state index contributed by atoms with van der Waals surface area (Å²) in [5, 5.41) is 6.77. The van der Waals surface area contributed by atoms with Crippen molar-refractivity contribution in [1.82, 2.24) is 21.0 Å². The van der Waals surface area contributed by atoms with E-state index in [0.717, 1.165) is 11.1 Å². The number of nitrogens with zero attached hydrogens (tertiary/aromatic N) is 1. The number of hydrogen-bond acceptors (Lipinski definition) is 4. The highest BCUT2D eigenvalue weighted by Gasteiger charge is 2.13. The molecule has 1 heterocycles. The molecular weight excluding hydrogens is 332 g/mol. The molecule has 3 N–H and O–H groups in total. The number of nitrogens with one attached hydrogen (secondary N) is 3. The molecule has 132 valence electrons. The Labute approximate surface area is 150 Å². The van der Waals surface area contributed by atoms with Crippen molar-refractivity contribution in [2.75, 3.05) is 7.11 Å². The molecule has 7 nitrogen and oxygen atoms in total. The van der Waals surface area contributed by atoms with Gasteiger partial charge in [-0.2, -0.15) is 5.10 Å². The van der Waals surface area contributed by atoms with Gasteiger partial charge in [-0.05, 0) is 12.1 Å². The van der Waals surface area contributed by atoms with Crippen LogP contribution in [0.25, 0.3) is 11.3 Å². The van der Waals surface area contributed by atoms with Crippen LogP contribution in [-0.2, 0) is 11.2 Å². The Morgan fingerprint density at radius 3 is 2.54 bits per heavy atom. The number of hydrazine groups is 1. The monoisotopic (exact) mass is 350 g/mol. The normalized spacial score (nSPS) is 10.2. The smallest absolute Gasteiger partial charge is 0.287 e. The van der Waals surface area contributed by atoms with Gasteiger partial charge < -0.3 is 4.74 Å². The lowest BCUT2D eigenvalue weighted by molar-refractivity contribution is -0.121. The molecule has 0 saturated heterocycles. The lowest BCUT2D eigenvalue weighted by atomic mass is 10.1. The summed E-state index contributed by atoms with van der Waals surface area (Å²) in [6, 6.07) is 18.3. The lowest BCUT2D eigenvalue weighted by Crippen LogP contribution is -2.42. The van der Waals surface area contributed by atoms with Gasteiger partial charge in [-0.15, -0.1) is 0 Å². The van der Waals surface area contributed by atoms with Crippen LogP contribution in [0.4, 0.5) is 0 Å². The van der Waals surface area contributed by atoms with Crippen LogP contribution in [0.1, 0.15) is 16.1 Å². The van der Waals surface area contributed by atoms with E-state index in [9.17, 15) is 9.59 Å². The molecule has 0 radical (unpaired) electrons. The molecule has 0 aliphatic rings. The molecule has 1 aromatic heterocycles. The van der Waals surface area contributed by atoms with Crippen molar-refractivity contribution < 1.29 is 14.3 Å². The molecule has 0 aliphatic carbocycles. The number of benzene rings is 2. The number of para-hydroxylation sites is 1. The molecule has 0 spiro atoms. The first-order valence-corrected chi connectivity index (χ1v) is 7.99. The van der Waals surface area contributed by atoms with Crippen LogP contribution in [0.15, 0.2) is 60.7 Å². The molecule has 0 aliphatic heterocycles. The molecule has 7 heteroatoms. The Balaban J connectivity index is 1.57. The molecule has 0 atom stereocenters. The predicted molar refractivity (Wildman–Crippen MR) is 96.3 cm³/mol. The summed E-state index contributed by atoms with van der Waals surface area (Å²) < 4.78 is 5.21. The van der Waals surface area contributed by atoms with Gasteiger partial charge >= 0.3 is 0 Å². The van der Waals surface area contributed by atoms with Gasteiger partial charge in [0.25, 0.3) is 5.91 Å². The molecule has 3 aromatic rings. The van der Waals surface area contributed by atoms with Crippen LogP contribution in [0.5, 0.6) is 5.75 Å². The third kappa shape index (κ3) is 4.07. The maximum absolute atomic E-state index is 12.1. The summed E-state index contributed by atoms with van der Waals surface area (Å²) in [4.78, 5) is 24.2. The van der Waals surface area contributed by atoms with E-state index in [0.29, 0.717) is 11.4 Å². The highest BCUT2D eigenvalue weighted by molar-refractivity contribution is 5.94. The van der Waals surface area contributed by atoms with Gasteiger partial charge in [0.05, 0.1) is 19.2 Å². The van der Waals surface area contributed by atoms with E-state index in [2.05, 4.69) is 21.0 Å². The van der Waals surface area contributed by atoms with E-state index in [4.69, 9.17) is 4.74 Å². The number of methoxy groups -OCH3 is 1. The minimum Gasteiger partial charge on any atom is -0.496 e. The van der Waals surface area contributed by atoms with Crippen LogP contribution < -0.4 is 15.6 Å². The third-order valence-electron chi connectivity index (χ3n) is 3.75. The zero-order chi connectivity index (χ0) is 18.4. The second-order valence-electron chi connectivity index (χ2n) is 5.52. The molecule has 26 heavy (non-hydrogen) atoms. The molecule has 2 amide bonds. The van der Waals surface area contributed by atoms with Crippen molar-refractivity contribution in [2.45, 2.75) is 6.42 Å². The Bertz CT molecular complexity index is 906. The molecule has 3 rings (SSSR count). The number of H-pyrrole nitrogens is 1. The second kappa shape index (κ2) is 7.98. The number of amides is 2. The number of carbonyl (C=O) groups is 2. The summed E-state index contributed by atoms with van der Waals surface area (Å²) in [7, 11) is 1.54. The van der Waals surface area contributed by atoms with Crippen LogP contribution >= 0.6 is 0 Å². The number of aromatic nitrogens is 2. The van der Waals surface area contributed by atoms with Crippen molar-refractivity contribution in [2.24, 2.45) is 0 Å². The maximum Gasteiger partial charge on any atom is 0.287 e. The minimum absolute atomic E-state index is 0.0858. The lowest BCUT2D eigenvalue weighted by Gasteiger charge is -2.09. The number of ether oxygens (including phenoxy) is 1. The van der Waals surface area contributed by atoms with Crippen LogP contribution in [0.3, 0.4) is 0 Å². The summed E-state index contributed by atoms with van der Waals surface area (Å²) >= 11 is 0. The van der Waals surface area contributed by atoms with Gasteiger partial charge in [0, 0.05) is 11.1 Å². The molecule has 0 bridgehead atoms. The van der Waals surface area contributed by atoms with Gasteiger partial charge in [0.1, 0.15) is 11.4 Å². The molecule has 2 aromatic carbocycles. The van der Waals surface area contributed by atoms with Gasteiger partial charge in [0.2, 0.25) is 5.91 Å². The standard InChI is InChI=1S/C19H18N4O3/c1-26-17-10-6-5-9-14(17)11-18(24)22-23-19(25)16-12-15(20-21-16)13-7-3-2-4-8-13/h2-10,12H,11H2,1H3,(H,20,21)(H,22,24)(H,23,25). The van der Waals surface area contributed by atoms with E-state index in [-0.39, 0.29) is 18.0 Å². The Morgan fingerprint density at radius 1 is 1.04 bits per heavy atom. The van der Waals surface area contributed by atoms with E-state index in [1.54, 1.807) is 25.3 Å². The van der Waals surface area contributed by atoms with Gasteiger partial charge in [-0.1, -0.05) is 48.5 Å². The fourth-order valence-corrected chi connectivity index (χ4v) is 2.45. The number of carbonyl (C=O) groups excluding carboxylic acids is 2. The molecule has 0 saturated carbocycles. The maximum atomic E-state index is 12.1. The summed E-state index contributed by atoms with van der Waals surface area (Å²) in [5.74, 6) is -0.214. The highest BCUT2D eigenvalue weighted by Crippen LogP contribution is 2.18. The average molecular weight is 350 g/mol. The fraction of sp³-hybridized carbons (Fsp3) is 0.105. The summed E-state index contributed by atoms with van der Waals surface area (Å²) in [5.41, 5.74) is 7.28. The van der Waals surface area contributed by atoms with Crippen molar-refractivity contribution in [3.05, 3.63) is 71.9 Å². The molecule has 0 fully saturated rings. The topological polar surface area (TPSA) is 96.1 Å². The highest BCUT2D eigenvalue weighted by atomic mass is 16.5. The number of aromatic amines is 1. The van der Waals surface area contributed by atoms with E-state index >= 15 is 0 Å². The van der Waals surface area contributed by atoms with E-state index < -0.39 is 5.91 Å². The number of rotatable bonds is 5. The van der Waals surface area contributed by atoms with Crippen LogP contribution in [0, 0.1) is 0 Å². The Morgan fingerprint density at radius 2 is 1.77 bits per heavy atom. The van der Waals surface area contributed by atoms with Crippen LogP contribution in [-0.4, -0.2) is 29.1 Å². The number of hydrogen-bond donors (Lipinski definition) is 3. The zero-order valence-corrected chi connectivity index (χ0v) is 14.2. The first-order chi connectivity index (χ1) is 12.7. The van der Waals surface area contributed by atoms with Crippen molar-refractivity contribution in [3.8, 4) is 17.0 Å². The first kappa shape index (κ1) is 17.2. The quantitative estimate of drug-likeness (QED) is 0.614. The fourth-order valence-electron chi connectivity index (χ4n) is 2.45. The molecule has 0 unspecified atom stereocenters. The summed E-state index contributed by atoms with van der Waals surface area (Å²) in [6.45, 7) is 0. The Hall–Kier alpha value is -3.61. The van der Waals surface area contributed by atoms with E-state index in [1.165, 1.54) is 0 Å². The van der Waals surface area contributed by atoms with E-state index in [1.807, 2.05) is 42.5 Å². The second-order valence-corrected chi connectivity index (χ2v) is 5.52. The first-order valence-electron chi connectivity index (χ1n) is 7.99. The zero-order valence-electron chi connectivity index (χ0n) is 14.2. The third-order valence-corrected chi connectivity index (χ3v) is 3.75. The Kier molecular flexibility index (Phi) is 5.28. The van der Waals surface area contributed by atoms with Crippen molar-refractivity contribution in [1.29, 1.82) is 0 Å². The van der Waals surface area contributed by atoms with Gasteiger partial charge in [0.15, 0.2) is 0 Å². The average Bonchev–Trinajstić information content (AvgIpc) is 3.17. The predicted octanol–water partition coefficient (Wildman–Crippen LogP) is 2.09. The van der Waals surface area contributed by atoms with Gasteiger partial charge in [-0.3, -0.25) is 25.5 Å². The minimum atomic E-state index is -0.479. The SMILES string of the molecule is COc1ccccc1CC(=O)NNC(=O)c1cc(-c2ccccc2)n[nH]1. The van der Waals surface area contributed by atoms with Crippen molar-refractivity contribution in [3.63, 3.8) is 0 Å². The summed E-state index contributed by atoms with van der Waals surface area (Å²) in [6.07, 6.45) is 0.0858. The molecular formula is C19H18N4O3. The largest absolute Gasteiger partial charge is 0.496 e.